The zero-order valence-electron chi connectivity index (χ0n) is 5.56. The average Bonchev–Trinajstić information content (AvgIpc) is 1.85. The molecule has 0 spiro atoms. The molecule has 1 aromatic carbocycles. The van der Waals surface area contributed by atoms with Crippen LogP contribution in [0.5, 0.6) is 0 Å². The van der Waals surface area contributed by atoms with E-state index in [1.54, 1.807) is 18.2 Å². The van der Waals surface area contributed by atoms with Gasteiger partial charge in [-0.3, -0.25) is 4.55 Å². The summed E-state index contributed by atoms with van der Waals surface area (Å²) in [5.74, 6) is 1.91. The summed E-state index contributed by atoms with van der Waals surface area (Å²) < 4.78 is 28.8. The Kier molecular flexibility index (Phi) is 2.26. The molecule has 11 heavy (non-hydrogen) atoms. The number of rotatable bonds is 2. The van der Waals surface area contributed by atoms with Gasteiger partial charge in [-0.25, -0.2) is 0 Å². The summed E-state index contributed by atoms with van der Waals surface area (Å²) >= 11 is 0. The fraction of sp³-hybridized carbons (Fsp3) is 0. The lowest BCUT2D eigenvalue weighted by Crippen LogP contribution is -1.97. The predicted molar refractivity (Wildman–Crippen MR) is 40.3 cm³/mol. The molecule has 0 bridgehead atoms. The molecule has 1 aromatic rings. The summed E-state index contributed by atoms with van der Waals surface area (Å²) in [6.07, 6.45) is 0. The van der Waals surface area contributed by atoms with Crippen molar-refractivity contribution in [1.29, 1.82) is 0 Å². The maximum Gasteiger partial charge on any atom is 0.279 e. The van der Waals surface area contributed by atoms with E-state index in [0.29, 0.717) is 5.56 Å². The molecular weight excluding hydrogens is 164 g/mol. The second-order valence-corrected chi connectivity index (χ2v) is 3.10. The van der Waals surface area contributed by atoms with Crippen LogP contribution in [0.15, 0.2) is 30.3 Å². The molecule has 0 fully saturated rings. The summed E-state index contributed by atoms with van der Waals surface area (Å²) in [5.41, 5.74) is 0.343. The van der Waals surface area contributed by atoms with Gasteiger partial charge in [0.25, 0.3) is 10.1 Å². The highest BCUT2D eigenvalue weighted by molar-refractivity contribution is 7.88. The molecule has 0 aliphatic rings. The molecule has 0 unspecified atom stereocenters. The Balaban J connectivity index is 2.82. The van der Waals surface area contributed by atoms with Gasteiger partial charge in [-0.2, -0.15) is 8.42 Å². The van der Waals surface area contributed by atoms with Crippen molar-refractivity contribution in [3.8, 4) is 0 Å². The van der Waals surface area contributed by atoms with Crippen LogP contribution in [0, 0.1) is 5.75 Å². The third kappa shape index (κ3) is 3.15. The van der Waals surface area contributed by atoms with Crippen LogP contribution in [0.25, 0.3) is 0 Å². The summed E-state index contributed by atoms with van der Waals surface area (Å²) in [4.78, 5) is 0. The first kappa shape index (κ1) is 8.23. The fourth-order valence-electron chi connectivity index (χ4n) is 0.655. The third-order valence-corrected chi connectivity index (χ3v) is 1.51. The maximum absolute atomic E-state index is 10.2. The molecule has 0 aliphatic carbocycles. The minimum Gasteiger partial charge on any atom is -0.285 e. The quantitative estimate of drug-likeness (QED) is 0.672. The van der Waals surface area contributed by atoms with Gasteiger partial charge in [0.1, 0.15) is 0 Å². The van der Waals surface area contributed by atoms with Crippen molar-refractivity contribution in [2.75, 3.05) is 0 Å². The Bertz CT molecular complexity index is 315. The zero-order valence-corrected chi connectivity index (χ0v) is 6.38. The molecule has 3 nitrogen and oxygen atoms in total. The van der Waals surface area contributed by atoms with Gasteiger partial charge in [0.15, 0.2) is 5.75 Å². The summed E-state index contributed by atoms with van der Waals surface area (Å²) in [5, 5.41) is 0. The number of benzene rings is 1. The molecule has 0 heterocycles. The second kappa shape index (κ2) is 3.02. The first-order chi connectivity index (χ1) is 5.08. The molecule has 0 amide bonds. The lowest BCUT2D eigenvalue weighted by atomic mass is 10.2. The molecule has 0 saturated heterocycles. The monoisotopic (exact) mass is 170 g/mol. The van der Waals surface area contributed by atoms with Gasteiger partial charge in [0.2, 0.25) is 0 Å². The van der Waals surface area contributed by atoms with Gasteiger partial charge in [0, 0.05) is 0 Å². The Morgan fingerprint density at radius 3 is 2.18 bits per heavy atom. The Hall–Kier alpha value is -0.870. The van der Waals surface area contributed by atoms with Gasteiger partial charge in [-0.05, 0) is 5.56 Å². The van der Waals surface area contributed by atoms with Crippen molar-refractivity contribution in [2.45, 2.75) is 0 Å². The van der Waals surface area contributed by atoms with Crippen LogP contribution in [-0.4, -0.2) is 13.0 Å². The van der Waals surface area contributed by atoms with Crippen LogP contribution in [0.2, 0.25) is 0 Å². The second-order valence-electron chi connectivity index (χ2n) is 1.94. The lowest BCUT2D eigenvalue weighted by Gasteiger charge is -1.93. The first-order valence-electron chi connectivity index (χ1n) is 2.88. The van der Waals surface area contributed by atoms with Gasteiger partial charge in [0.05, 0.1) is 0 Å². The predicted octanol–water partition coefficient (Wildman–Crippen LogP) is 0.961. The van der Waals surface area contributed by atoms with Gasteiger partial charge in [-0.15, -0.1) is 0 Å². The third-order valence-electron chi connectivity index (χ3n) is 1.02. The van der Waals surface area contributed by atoms with Gasteiger partial charge >= 0.3 is 0 Å². The number of hydrogen-bond donors (Lipinski definition) is 1. The molecule has 2 radical (unpaired) electrons. The summed E-state index contributed by atoms with van der Waals surface area (Å²) in [6, 6.07) is 8.14. The van der Waals surface area contributed by atoms with Crippen LogP contribution in [0.3, 0.4) is 0 Å². The molecule has 4 heteroatoms. The van der Waals surface area contributed by atoms with Crippen LogP contribution in [-0.2, 0) is 10.1 Å². The van der Waals surface area contributed by atoms with Gasteiger partial charge in [-0.1, -0.05) is 30.3 Å². The van der Waals surface area contributed by atoms with Crippen LogP contribution < -0.4 is 0 Å². The van der Waals surface area contributed by atoms with Gasteiger partial charge < -0.3 is 0 Å². The largest absolute Gasteiger partial charge is 0.285 e. The molecule has 0 aliphatic heterocycles. The van der Waals surface area contributed by atoms with Crippen molar-refractivity contribution in [3.63, 3.8) is 0 Å². The van der Waals surface area contributed by atoms with Crippen LogP contribution >= 0.6 is 0 Å². The Morgan fingerprint density at radius 1 is 1.18 bits per heavy atom. The highest BCUT2D eigenvalue weighted by Crippen LogP contribution is 2.05. The van der Waals surface area contributed by atoms with E-state index in [1.165, 1.54) is 12.1 Å². The smallest absolute Gasteiger partial charge is 0.279 e. The summed E-state index contributed by atoms with van der Waals surface area (Å²) in [6.45, 7) is 0. The van der Waals surface area contributed by atoms with E-state index >= 15 is 0 Å². The van der Waals surface area contributed by atoms with Crippen molar-refractivity contribution >= 4 is 10.1 Å². The Labute approximate surface area is 65.4 Å². The molecule has 58 valence electrons. The standard InChI is InChI=1S/C7H6O3S/c8-11(9,10)6-7-4-2-1-3-5-7/h1-5H,(H,8,9,10). The van der Waals surface area contributed by atoms with Crippen molar-refractivity contribution < 1.29 is 13.0 Å². The zero-order chi connectivity index (χ0) is 8.32. The highest BCUT2D eigenvalue weighted by Gasteiger charge is 2.06. The minimum absolute atomic E-state index is 0.343. The molecular formula is C7H6O3S. The van der Waals surface area contributed by atoms with E-state index in [2.05, 4.69) is 0 Å². The van der Waals surface area contributed by atoms with Crippen LogP contribution in [0.4, 0.5) is 0 Å². The van der Waals surface area contributed by atoms with Crippen LogP contribution in [0.1, 0.15) is 5.56 Å². The number of hydrogen-bond acceptors (Lipinski definition) is 2. The average molecular weight is 170 g/mol. The SMILES string of the molecule is O=S(=O)(O)[C]c1ccccc1. The van der Waals surface area contributed by atoms with E-state index in [9.17, 15) is 8.42 Å². The Morgan fingerprint density at radius 2 is 1.73 bits per heavy atom. The first-order valence-corrected chi connectivity index (χ1v) is 4.32. The molecule has 0 saturated carbocycles. The van der Waals surface area contributed by atoms with E-state index < -0.39 is 10.1 Å². The van der Waals surface area contributed by atoms with Crippen molar-refractivity contribution in [2.24, 2.45) is 0 Å². The van der Waals surface area contributed by atoms with Crippen molar-refractivity contribution in [1.82, 2.24) is 0 Å². The van der Waals surface area contributed by atoms with E-state index in [1.807, 2.05) is 5.75 Å². The maximum atomic E-state index is 10.2. The van der Waals surface area contributed by atoms with E-state index in [0.717, 1.165) is 0 Å². The minimum atomic E-state index is -4.13. The molecule has 1 rings (SSSR count). The highest BCUT2D eigenvalue weighted by atomic mass is 32.2. The molecule has 0 atom stereocenters. The van der Waals surface area contributed by atoms with E-state index in [4.69, 9.17) is 4.55 Å². The van der Waals surface area contributed by atoms with Crippen molar-refractivity contribution in [3.05, 3.63) is 41.6 Å². The summed E-state index contributed by atoms with van der Waals surface area (Å²) in [7, 11) is -4.13. The fourth-order valence-corrected chi connectivity index (χ4v) is 1.09. The van der Waals surface area contributed by atoms with E-state index in [-0.39, 0.29) is 0 Å². The molecule has 1 N–H and O–H groups in total. The normalized spacial score (nSPS) is 11.4. The lowest BCUT2D eigenvalue weighted by molar-refractivity contribution is 0.491. The topological polar surface area (TPSA) is 54.4 Å². The molecule has 0 aromatic heterocycles.